The minimum atomic E-state index is -1.05. The van der Waals surface area contributed by atoms with Gasteiger partial charge in [0, 0.05) is 18.1 Å². The zero-order chi connectivity index (χ0) is 36.7. The average molecular weight is 701 g/mol. The minimum Gasteiger partial charge on any atom is -0.347 e. The first kappa shape index (κ1) is 39.3. The van der Waals surface area contributed by atoms with Crippen molar-refractivity contribution < 1.29 is 33.6 Å². The molecule has 6 atom stereocenters. The second-order valence-electron chi connectivity index (χ2n) is 16.4. The van der Waals surface area contributed by atoms with Gasteiger partial charge in [-0.25, -0.2) is 0 Å². The van der Waals surface area contributed by atoms with E-state index in [1.54, 1.807) is 18.7 Å². The molecule has 4 aliphatic rings. The second-order valence-corrected chi connectivity index (χ2v) is 16.4. The zero-order valence-electron chi connectivity index (χ0n) is 30.9. The third kappa shape index (κ3) is 10.1. The molecule has 4 rings (SSSR count). The molecular formula is C37H60N6O7. The number of nitrogens with one attached hydrogen (secondary N) is 5. The van der Waals surface area contributed by atoms with Crippen molar-refractivity contribution in [1.29, 1.82) is 0 Å². The van der Waals surface area contributed by atoms with Crippen LogP contribution in [-0.4, -0.2) is 88.4 Å². The van der Waals surface area contributed by atoms with E-state index >= 15 is 0 Å². The van der Waals surface area contributed by atoms with Gasteiger partial charge in [-0.1, -0.05) is 66.2 Å². The summed E-state index contributed by atoms with van der Waals surface area (Å²) in [5.41, 5.74) is -0.779. The Morgan fingerprint density at radius 3 is 1.96 bits per heavy atom. The van der Waals surface area contributed by atoms with Crippen LogP contribution in [0.4, 0.5) is 0 Å². The van der Waals surface area contributed by atoms with Crippen LogP contribution in [-0.2, 0) is 33.6 Å². The molecule has 3 saturated carbocycles. The highest BCUT2D eigenvalue weighted by molar-refractivity contribution is 6.38. The largest absolute Gasteiger partial charge is 0.347 e. The molecule has 1 aliphatic heterocycles. The number of nitrogens with zero attached hydrogens (tertiary/aromatic N) is 1. The van der Waals surface area contributed by atoms with Gasteiger partial charge < -0.3 is 31.5 Å². The van der Waals surface area contributed by atoms with Crippen molar-refractivity contribution >= 4 is 41.2 Å². The molecule has 4 fully saturated rings. The van der Waals surface area contributed by atoms with E-state index in [1.165, 1.54) is 0 Å². The second kappa shape index (κ2) is 17.1. The van der Waals surface area contributed by atoms with Gasteiger partial charge in [-0.05, 0) is 82.5 Å². The molecule has 13 heteroatoms. The molecule has 6 amide bonds. The number of ketones is 1. The van der Waals surface area contributed by atoms with Crippen molar-refractivity contribution in [1.82, 2.24) is 31.5 Å². The molecule has 0 aromatic heterocycles. The number of hydrogen-bond donors (Lipinski definition) is 5. The Kier molecular flexibility index (Phi) is 13.5. The molecule has 1 heterocycles. The van der Waals surface area contributed by atoms with Gasteiger partial charge in [-0.3, -0.25) is 33.6 Å². The van der Waals surface area contributed by atoms with E-state index in [2.05, 4.69) is 26.6 Å². The van der Waals surface area contributed by atoms with Crippen LogP contribution in [0.2, 0.25) is 0 Å². The fourth-order valence-corrected chi connectivity index (χ4v) is 7.91. The molecule has 0 aromatic carbocycles. The Balaban J connectivity index is 1.58. The van der Waals surface area contributed by atoms with E-state index in [0.29, 0.717) is 32.1 Å². The van der Waals surface area contributed by atoms with Crippen LogP contribution in [0.5, 0.6) is 0 Å². The molecule has 13 nitrogen and oxygen atoms in total. The molecule has 1 saturated heterocycles. The maximum Gasteiger partial charge on any atom is 0.309 e. The zero-order valence-corrected chi connectivity index (χ0v) is 30.9. The van der Waals surface area contributed by atoms with Crippen LogP contribution in [0.25, 0.3) is 0 Å². The van der Waals surface area contributed by atoms with Crippen molar-refractivity contribution in [3.8, 4) is 0 Å². The molecular weight excluding hydrogens is 640 g/mol. The Hall–Kier alpha value is -3.51. The van der Waals surface area contributed by atoms with Gasteiger partial charge in [-0.15, -0.1) is 0 Å². The molecule has 0 bridgehead atoms. The number of likely N-dealkylation sites (tertiary alicyclic amines) is 1. The van der Waals surface area contributed by atoms with Crippen molar-refractivity contribution in [2.45, 2.75) is 174 Å². The lowest BCUT2D eigenvalue weighted by molar-refractivity contribution is -0.148. The molecule has 0 spiro atoms. The third-order valence-electron chi connectivity index (χ3n) is 10.7. The topological polar surface area (TPSA) is 183 Å². The predicted octanol–water partition coefficient (Wildman–Crippen LogP) is 2.40. The minimum absolute atomic E-state index is 0.00302. The van der Waals surface area contributed by atoms with Crippen molar-refractivity contribution in [3.05, 3.63) is 0 Å². The van der Waals surface area contributed by atoms with Crippen LogP contribution in [0, 0.1) is 17.3 Å². The standard InChI is InChI=1S/C37H60N6O7/c1-7-13-25(29(44)33(47)39-24-18-19-24)40-31(45)27-20-23-16-11-12-17-26(23)43(27)36(50)30(37(4,5)6)42-32(46)28(22-14-9-8-10-15-22)41-35(49)34(48)38-21(2)3/h21-28,30H,7-20H2,1-6H3,(H,38,48)(H,39,47)(H,40,45)(H,41,49)(H,42,46)/t23-,25-,26-,27-,28-,30+/m0/s1. The number of fused-ring (bicyclic) bond motifs is 1. The lowest BCUT2D eigenvalue weighted by Gasteiger charge is -2.40. The van der Waals surface area contributed by atoms with Gasteiger partial charge >= 0.3 is 11.8 Å². The Morgan fingerprint density at radius 1 is 0.740 bits per heavy atom. The highest BCUT2D eigenvalue weighted by Crippen LogP contribution is 2.41. The first-order chi connectivity index (χ1) is 23.6. The van der Waals surface area contributed by atoms with Gasteiger partial charge in [0.25, 0.3) is 5.91 Å². The Bertz CT molecular complexity index is 1290. The van der Waals surface area contributed by atoms with Crippen molar-refractivity contribution in [2.75, 3.05) is 0 Å². The summed E-state index contributed by atoms with van der Waals surface area (Å²) < 4.78 is 0. The maximum absolute atomic E-state index is 14.8. The van der Waals surface area contributed by atoms with Gasteiger partial charge in [0.2, 0.25) is 23.5 Å². The molecule has 5 N–H and O–H groups in total. The van der Waals surface area contributed by atoms with Crippen molar-refractivity contribution in [3.63, 3.8) is 0 Å². The van der Waals surface area contributed by atoms with Crippen LogP contribution in [0.1, 0.15) is 131 Å². The lowest BCUT2D eigenvalue weighted by atomic mass is 9.81. The van der Waals surface area contributed by atoms with Crippen LogP contribution in [0.15, 0.2) is 0 Å². The van der Waals surface area contributed by atoms with E-state index in [4.69, 9.17) is 0 Å². The molecule has 0 unspecified atom stereocenters. The summed E-state index contributed by atoms with van der Waals surface area (Å²) in [4.78, 5) is 95.9. The van der Waals surface area contributed by atoms with E-state index in [1.807, 2.05) is 27.7 Å². The van der Waals surface area contributed by atoms with E-state index in [0.717, 1.165) is 57.8 Å². The Morgan fingerprint density at radius 2 is 1.36 bits per heavy atom. The summed E-state index contributed by atoms with van der Waals surface area (Å²) in [6.07, 6.45) is 10.6. The highest BCUT2D eigenvalue weighted by atomic mass is 16.2. The van der Waals surface area contributed by atoms with Crippen LogP contribution in [0.3, 0.4) is 0 Å². The highest BCUT2D eigenvalue weighted by Gasteiger charge is 2.51. The summed E-state index contributed by atoms with van der Waals surface area (Å²) in [5, 5.41) is 13.8. The average Bonchev–Trinajstić information content (AvgIpc) is 3.80. The molecule has 280 valence electrons. The molecule has 0 radical (unpaired) electrons. The normalized spacial score (nSPS) is 24.3. The molecule has 0 aromatic rings. The molecule has 50 heavy (non-hydrogen) atoms. The van der Waals surface area contributed by atoms with Crippen LogP contribution < -0.4 is 26.6 Å². The number of rotatable bonds is 13. The summed E-state index contributed by atoms with van der Waals surface area (Å²) in [6, 6.07) is -4.40. The van der Waals surface area contributed by atoms with E-state index in [9.17, 15) is 33.6 Å². The number of carbonyl (C=O) groups excluding carboxylic acids is 7. The first-order valence-corrected chi connectivity index (χ1v) is 19.0. The van der Waals surface area contributed by atoms with Gasteiger partial charge in [-0.2, -0.15) is 0 Å². The SMILES string of the molecule is CCC[C@H](NC(=O)[C@@H]1C[C@@H]2CCCC[C@@H]2N1C(=O)[C@@H](NC(=O)[C@@H](NC(=O)C(=O)NC(C)C)C1CCCCC1)C(C)(C)C)C(=O)C(=O)NC1CC1. The number of carbonyl (C=O) groups is 7. The van der Waals surface area contributed by atoms with E-state index < -0.39 is 70.8 Å². The quantitative estimate of drug-likeness (QED) is 0.183. The number of hydrogen-bond acceptors (Lipinski definition) is 7. The van der Waals surface area contributed by atoms with Crippen LogP contribution >= 0.6 is 0 Å². The van der Waals surface area contributed by atoms with E-state index in [-0.39, 0.29) is 30.0 Å². The summed E-state index contributed by atoms with van der Waals surface area (Å²) in [7, 11) is 0. The van der Waals surface area contributed by atoms with Gasteiger partial charge in [0.15, 0.2) is 0 Å². The van der Waals surface area contributed by atoms with Crippen molar-refractivity contribution in [2.24, 2.45) is 17.3 Å². The fourth-order valence-electron chi connectivity index (χ4n) is 7.91. The van der Waals surface area contributed by atoms with Gasteiger partial charge in [0.05, 0.1) is 6.04 Å². The monoisotopic (exact) mass is 700 g/mol. The maximum atomic E-state index is 14.8. The smallest absolute Gasteiger partial charge is 0.309 e. The summed E-state index contributed by atoms with van der Waals surface area (Å²) in [5.74, 6) is -4.61. The first-order valence-electron chi connectivity index (χ1n) is 19.0. The Labute approximate surface area is 296 Å². The summed E-state index contributed by atoms with van der Waals surface area (Å²) in [6.45, 7) is 10.9. The lowest BCUT2D eigenvalue weighted by Crippen LogP contribution is -2.63. The fraction of sp³-hybridized carbons (Fsp3) is 0.811. The molecule has 3 aliphatic carbocycles. The number of Topliss-reactive ketones (excluding diaryl/α,β-unsaturated/α-hetero) is 1. The summed E-state index contributed by atoms with van der Waals surface area (Å²) >= 11 is 0. The predicted molar refractivity (Wildman–Crippen MR) is 187 cm³/mol. The van der Waals surface area contributed by atoms with Gasteiger partial charge in [0.1, 0.15) is 18.1 Å². The number of amides is 6. The third-order valence-corrected chi connectivity index (χ3v) is 10.7.